The molecule has 0 atom stereocenters. The van der Waals surface area contributed by atoms with Crippen LogP contribution in [-0.4, -0.2) is 19.6 Å². The number of nitrogens with one attached hydrogen (secondary N) is 1. The van der Waals surface area contributed by atoms with E-state index in [1.165, 1.54) is 24.3 Å². The highest BCUT2D eigenvalue weighted by molar-refractivity contribution is 5.95. The van der Waals surface area contributed by atoms with Crippen LogP contribution in [0.4, 0.5) is 4.39 Å². The minimum Gasteiger partial charge on any atom is -0.497 e. The molecule has 2 aromatic carbocycles. The molecule has 6 heteroatoms. The second kappa shape index (κ2) is 7.17. The number of halogens is 1. The van der Waals surface area contributed by atoms with Crippen LogP contribution in [0.15, 0.2) is 57.7 Å². The van der Waals surface area contributed by atoms with E-state index in [2.05, 4.69) is 5.32 Å². The fraction of sp³-hybridized carbons (Fsp3) is 0.158. The van der Waals surface area contributed by atoms with E-state index in [0.29, 0.717) is 18.4 Å². The summed E-state index contributed by atoms with van der Waals surface area (Å²) in [5.41, 5.74) is 0.362. The van der Waals surface area contributed by atoms with Gasteiger partial charge in [-0.25, -0.2) is 9.18 Å². The number of methoxy groups -OCH3 is 1. The summed E-state index contributed by atoms with van der Waals surface area (Å²) in [6, 6.07) is 12.6. The lowest BCUT2D eigenvalue weighted by Crippen LogP contribution is -2.26. The summed E-state index contributed by atoms with van der Waals surface area (Å²) in [7, 11) is 1.60. The topological polar surface area (TPSA) is 68.5 Å². The molecular weight excluding hydrogens is 325 g/mol. The monoisotopic (exact) mass is 341 g/mol. The van der Waals surface area contributed by atoms with E-state index in [-0.39, 0.29) is 11.1 Å². The predicted octanol–water partition coefficient (Wildman–Crippen LogP) is 2.91. The molecule has 3 rings (SSSR count). The van der Waals surface area contributed by atoms with Gasteiger partial charge in [0, 0.05) is 6.54 Å². The standard InChI is InChI=1S/C19H16FNO4/c1-24-15-5-2-12(3-6-15)8-9-21-18(22)17-11-13-10-14(20)4-7-16(13)19(23)25-17/h2-7,10-11H,8-9H2,1H3,(H,21,22). The third-order valence-corrected chi connectivity index (χ3v) is 3.80. The molecule has 0 bridgehead atoms. The minimum absolute atomic E-state index is 0.141. The van der Waals surface area contributed by atoms with E-state index in [1.54, 1.807) is 7.11 Å². The molecule has 3 aromatic rings. The number of fused-ring (bicyclic) bond motifs is 1. The quantitative estimate of drug-likeness (QED) is 0.775. The molecule has 1 amide bonds. The predicted molar refractivity (Wildman–Crippen MR) is 91.5 cm³/mol. The van der Waals surface area contributed by atoms with E-state index in [0.717, 1.165) is 11.3 Å². The Morgan fingerprint density at radius 2 is 1.92 bits per heavy atom. The second-order valence-electron chi connectivity index (χ2n) is 5.48. The van der Waals surface area contributed by atoms with Gasteiger partial charge in [-0.15, -0.1) is 0 Å². The van der Waals surface area contributed by atoms with Gasteiger partial charge < -0.3 is 14.5 Å². The highest BCUT2D eigenvalue weighted by Crippen LogP contribution is 2.14. The first-order valence-corrected chi connectivity index (χ1v) is 7.71. The minimum atomic E-state index is -0.669. The highest BCUT2D eigenvalue weighted by Gasteiger charge is 2.12. The average molecular weight is 341 g/mol. The van der Waals surface area contributed by atoms with Gasteiger partial charge in [-0.1, -0.05) is 12.1 Å². The van der Waals surface area contributed by atoms with Crippen LogP contribution in [0.2, 0.25) is 0 Å². The number of ether oxygens (including phenoxy) is 1. The summed E-state index contributed by atoms with van der Waals surface area (Å²) in [6.07, 6.45) is 0.613. The van der Waals surface area contributed by atoms with Crippen molar-refractivity contribution in [2.24, 2.45) is 0 Å². The summed E-state index contributed by atoms with van der Waals surface area (Å²) in [4.78, 5) is 24.0. The van der Waals surface area contributed by atoms with Gasteiger partial charge in [0.25, 0.3) is 5.91 Å². The first kappa shape index (κ1) is 16.7. The molecule has 0 fully saturated rings. The van der Waals surface area contributed by atoms with Crippen molar-refractivity contribution in [2.45, 2.75) is 6.42 Å². The molecule has 0 saturated carbocycles. The van der Waals surface area contributed by atoms with Crippen molar-refractivity contribution >= 4 is 16.7 Å². The lowest BCUT2D eigenvalue weighted by molar-refractivity contribution is 0.0922. The van der Waals surface area contributed by atoms with Crippen molar-refractivity contribution in [2.75, 3.05) is 13.7 Å². The van der Waals surface area contributed by atoms with Crippen LogP contribution in [0, 0.1) is 5.82 Å². The highest BCUT2D eigenvalue weighted by atomic mass is 19.1. The summed E-state index contributed by atoms with van der Waals surface area (Å²) < 4.78 is 23.4. The molecule has 1 heterocycles. The van der Waals surface area contributed by atoms with E-state index in [9.17, 15) is 14.0 Å². The number of hydrogen-bond donors (Lipinski definition) is 1. The normalized spacial score (nSPS) is 10.6. The zero-order chi connectivity index (χ0) is 17.8. The molecule has 0 unspecified atom stereocenters. The van der Waals surface area contributed by atoms with Crippen LogP contribution in [0.25, 0.3) is 10.8 Å². The van der Waals surface area contributed by atoms with E-state index in [1.807, 2.05) is 24.3 Å². The number of benzene rings is 2. The van der Waals surface area contributed by atoms with Crippen LogP contribution >= 0.6 is 0 Å². The van der Waals surface area contributed by atoms with E-state index >= 15 is 0 Å². The van der Waals surface area contributed by atoms with Crippen LogP contribution in [-0.2, 0) is 6.42 Å². The largest absolute Gasteiger partial charge is 0.497 e. The van der Waals surface area contributed by atoms with Crippen molar-refractivity contribution in [3.05, 3.63) is 76.1 Å². The van der Waals surface area contributed by atoms with Crippen molar-refractivity contribution in [3.63, 3.8) is 0 Å². The molecule has 0 radical (unpaired) electrons. The molecule has 128 valence electrons. The Hall–Kier alpha value is -3.15. The first-order chi connectivity index (χ1) is 12.1. The SMILES string of the molecule is COc1ccc(CCNC(=O)c2cc3cc(F)ccc3c(=O)o2)cc1. The zero-order valence-electron chi connectivity index (χ0n) is 13.5. The molecule has 0 aliphatic carbocycles. The van der Waals surface area contributed by atoms with Crippen molar-refractivity contribution in [3.8, 4) is 5.75 Å². The second-order valence-corrected chi connectivity index (χ2v) is 5.48. The fourth-order valence-corrected chi connectivity index (χ4v) is 2.48. The molecule has 1 N–H and O–H groups in total. The Morgan fingerprint density at radius 1 is 1.16 bits per heavy atom. The number of carbonyl (C=O) groups is 1. The lowest BCUT2D eigenvalue weighted by Gasteiger charge is -2.06. The van der Waals surface area contributed by atoms with Gasteiger partial charge in [0.2, 0.25) is 0 Å². The number of rotatable bonds is 5. The Bertz CT molecular complexity index is 963. The molecule has 0 aliphatic heterocycles. The Labute approximate surface area is 143 Å². The van der Waals surface area contributed by atoms with Gasteiger partial charge in [-0.05, 0) is 53.8 Å². The summed E-state index contributed by atoms with van der Waals surface area (Å²) in [5, 5.41) is 3.25. The van der Waals surface area contributed by atoms with Crippen molar-refractivity contribution in [1.82, 2.24) is 5.32 Å². The molecule has 0 spiro atoms. The first-order valence-electron chi connectivity index (χ1n) is 7.71. The molecule has 0 saturated heterocycles. The maximum absolute atomic E-state index is 13.3. The van der Waals surface area contributed by atoms with Crippen molar-refractivity contribution < 1.29 is 18.3 Å². The Morgan fingerprint density at radius 3 is 2.64 bits per heavy atom. The smallest absolute Gasteiger partial charge is 0.344 e. The van der Waals surface area contributed by atoms with Gasteiger partial charge in [0.05, 0.1) is 12.5 Å². The van der Waals surface area contributed by atoms with Gasteiger partial charge in [-0.2, -0.15) is 0 Å². The average Bonchev–Trinajstić information content (AvgIpc) is 2.61. The Kier molecular flexibility index (Phi) is 4.79. The molecule has 25 heavy (non-hydrogen) atoms. The van der Waals surface area contributed by atoms with Crippen LogP contribution in [0.1, 0.15) is 16.1 Å². The van der Waals surface area contributed by atoms with Gasteiger partial charge >= 0.3 is 5.63 Å². The summed E-state index contributed by atoms with van der Waals surface area (Å²) >= 11 is 0. The number of amides is 1. The van der Waals surface area contributed by atoms with Crippen LogP contribution in [0.5, 0.6) is 5.75 Å². The molecule has 1 aromatic heterocycles. The van der Waals surface area contributed by atoms with Crippen LogP contribution in [0.3, 0.4) is 0 Å². The fourth-order valence-electron chi connectivity index (χ4n) is 2.48. The molecule has 0 aliphatic rings. The van der Waals surface area contributed by atoms with Crippen LogP contribution < -0.4 is 15.7 Å². The third-order valence-electron chi connectivity index (χ3n) is 3.80. The van der Waals surface area contributed by atoms with E-state index in [4.69, 9.17) is 9.15 Å². The summed E-state index contributed by atoms with van der Waals surface area (Å²) in [6.45, 7) is 0.371. The maximum atomic E-state index is 13.3. The van der Waals surface area contributed by atoms with Gasteiger partial charge in [0.1, 0.15) is 11.6 Å². The molecular formula is C19H16FNO4. The Balaban J connectivity index is 1.68. The summed E-state index contributed by atoms with van der Waals surface area (Å²) in [5.74, 6) is -0.378. The lowest BCUT2D eigenvalue weighted by atomic mass is 10.1. The number of carbonyl (C=O) groups excluding carboxylic acids is 1. The number of hydrogen-bond acceptors (Lipinski definition) is 4. The van der Waals surface area contributed by atoms with E-state index < -0.39 is 17.3 Å². The zero-order valence-corrected chi connectivity index (χ0v) is 13.5. The maximum Gasteiger partial charge on any atom is 0.344 e. The third kappa shape index (κ3) is 3.85. The van der Waals surface area contributed by atoms with Crippen molar-refractivity contribution in [1.29, 1.82) is 0 Å². The molecule has 5 nitrogen and oxygen atoms in total. The van der Waals surface area contributed by atoms with Gasteiger partial charge in [0.15, 0.2) is 5.76 Å². The van der Waals surface area contributed by atoms with Gasteiger partial charge in [-0.3, -0.25) is 4.79 Å².